The summed E-state index contributed by atoms with van der Waals surface area (Å²) in [6, 6.07) is 0. The van der Waals surface area contributed by atoms with Gasteiger partial charge in [0.25, 0.3) is 5.12 Å². The molecule has 0 saturated heterocycles. The van der Waals surface area contributed by atoms with Gasteiger partial charge in [0, 0.05) is 5.75 Å². The maximum absolute atomic E-state index is 11.9. The second-order valence-corrected chi connectivity index (χ2v) is 5.49. The van der Waals surface area contributed by atoms with Gasteiger partial charge in [0.15, 0.2) is 0 Å². The third-order valence-electron chi connectivity index (χ3n) is 2.47. The molecule has 0 aromatic rings. The Balaban J connectivity index is 3.56. The molecule has 0 aliphatic heterocycles. The molecule has 0 rings (SSSR count). The highest BCUT2D eigenvalue weighted by molar-refractivity contribution is 8.13. The standard InChI is InChI=1S/C17H23F3OS/c1-2-3-4-5-6-7-8-9-10-11-12-13-14-15-22-16(21)17(18,19)20/h3-4,6-7,9-10,12-13H,2,5,8,11,14-15H2,1H3/b4-3-,7-6-,10-9-,13-12-. The van der Waals surface area contributed by atoms with Crippen LogP contribution in [0.3, 0.4) is 0 Å². The summed E-state index contributed by atoms with van der Waals surface area (Å²) in [5.41, 5.74) is 0. The van der Waals surface area contributed by atoms with E-state index in [1.165, 1.54) is 0 Å². The van der Waals surface area contributed by atoms with Crippen molar-refractivity contribution in [1.29, 1.82) is 0 Å². The lowest BCUT2D eigenvalue weighted by atomic mass is 10.2. The smallest absolute Gasteiger partial charge is 0.277 e. The van der Waals surface area contributed by atoms with E-state index in [2.05, 4.69) is 31.2 Å². The maximum atomic E-state index is 11.9. The highest BCUT2D eigenvalue weighted by atomic mass is 32.2. The number of alkyl halides is 3. The van der Waals surface area contributed by atoms with E-state index in [0.717, 1.165) is 25.7 Å². The maximum Gasteiger partial charge on any atom is 0.460 e. The molecule has 0 spiro atoms. The molecule has 5 heteroatoms. The summed E-state index contributed by atoms with van der Waals surface area (Å²) in [6.45, 7) is 2.10. The summed E-state index contributed by atoms with van der Waals surface area (Å²) in [6.07, 6.45) is 15.6. The fourth-order valence-electron chi connectivity index (χ4n) is 1.40. The van der Waals surface area contributed by atoms with Crippen molar-refractivity contribution in [3.05, 3.63) is 48.6 Å². The topological polar surface area (TPSA) is 17.1 Å². The lowest BCUT2D eigenvalue weighted by Crippen LogP contribution is -2.19. The van der Waals surface area contributed by atoms with Crippen LogP contribution in [-0.2, 0) is 4.79 Å². The fraction of sp³-hybridized carbons (Fsp3) is 0.471. The van der Waals surface area contributed by atoms with Crippen LogP contribution in [0, 0.1) is 0 Å². The van der Waals surface area contributed by atoms with Crippen LogP contribution in [0.15, 0.2) is 48.6 Å². The van der Waals surface area contributed by atoms with Gasteiger partial charge in [-0.05, 0) is 32.1 Å². The summed E-state index contributed by atoms with van der Waals surface area (Å²) in [5, 5.41) is -1.72. The van der Waals surface area contributed by atoms with Crippen LogP contribution >= 0.6 is 11.8 Å². The molecular formula is C17H23F3OS. The SMILES string of the molecule is CC/C=C\C/C=C\C/C=C\C/C=C\CCSC(=O)C(F)(F)F. The molecule has 1 nitrogen and oxygen atoms in total. The number of rotatable bonds is 10. The average molecular weight is 332 g/mol. The van der Waals surface area contributed by atoms with Gasteiger partial charge in [0.1, 0.15) is 0 Å². The Labute approximate surface area is 135 Å². The zero-order valence-corrected chi connectivity index (χ0v) is 13.6. The van der Waals surface area contributed by atoms with Gasteiger partial charge in [0.2, 0.25) is 0 Å². The molecule has 0 unspecified atom stereocenters. The second-order valence-electron chi connectivity index (χ2n) is 4.42. The first-order valence-electron chi connectivity index (χ1n) is 7.32. The molecule has 0 heterocycles. The normalized spacial score (nSPS) is 13.3. The van der Waals surface area contributed by atoms with Crippen LogP contribution in [0.5, 0.6) is 0 Å². The number of hydrogen-bond donors (Lipinski definition) is 0. The van der Waals surface area contributed by atoms with Gasteiger partial charge in [-0.2, -0.15) is 13.2 Å². The zero-order valence-electron chi connectivity index (χ0n) is 12.8. The molecule has 0 atom stereocenters. The summed E-state index contributed by atoms with van der Waals surface area (Å²) >= 11 is 0.318. The molecule has 0 N–H and O–H groups in total. The van der Waals surface area contributed by atoms with Crippen LogP contribution in [0.1, 0.15) is 39.0 Å². The van der Waals surface area contributed by atoms with E-state index in [0.29, 0.717) is 18.2 Å². The highest BCUT2D eigenvalue weighted by Gasteiger charge is 2.38. The van der Waals surface area contributed by atoms with Crippen LogP contribution in [-0.4, -0.2) is 17.0 Å². The molecule has 0 amide bonds. The molecular weight excluding hydrogens is 309 g/mol. The van der Waals surface area contributed by atoms with E-state index in [4.69, 9.17) is 0 Å². The van der Waals surface area contributed by atoms with Crippen LogP contribution < -0.4 is 0 Å². The molecule has 0 saturated carbocycles. The van der Waals surface area contributed by atoms with Gasteiger partial charge in [-0.3, -0.25) is 4.79 Å². The Hall–Kier alpha value is -1.23. The first-order chi connectivity index (χ1) is 10.5. The van der Waals surface area contributed by atoms with Gasteiger partial charge >= 0.3 is 6.18 Å². The molecule has 0 aromatic carbocycles. The van der Waals surface area contributed by atoms with E-state index in [1.807, 2.05) is 18.2 Å². The Bertz CT molecular complexity index is 407. The largest absolute Gasteiger partial charge is 0.460 e. The molecule has 0 radical (unpaired) electrons. The summed E-state index contributed by atoms with van der Waals surface area (Å²) in [4.78, 5) is 10.6. The number of carbonyl (C=O) groups is 1. The van der Waals surface area contributed by atoms with Crippen molar-refractivity contribution in [2.75, 3.05) is 5.75 Å². The van der Waals surface area contributed by atoms with Gasteiger partial charge in [-0.15, -0.1) is 0 Å². The number of thioether (sulfide) groups is 1. The van der Waals surface area contributed by atoms with Crippen molar-refractivity contribution < 1.29 is 18.0 Å². The van der Waals surface area contributed by atoms with E-state index in [1.54, 1.807) is 6.08 Å². The molecule has 0 aromatic heterocycles. The Morgan fingerprint density at radius 1 is 0.864 bits per heavy atom. The van der Waals surface area contributed by atoms with E-state index < -0.39 is 11.3 Å². The van der Waals surface area contributed by atoms with Gasteiger partial charge in [0.05, 0.1) is 0 Å². The predicted octanol–water partition coefficient (Wildman–Crippen LogP) is 6.00. The Morgan fingerprint density at radius 3 is 1.77 bits per heavy atom. The fourth-order valence-corrected chi connectivity index (χ4v) is 2.00. The van der Waals surface area contributed by atoms with E-state index in [-0.39, 0.29) is 5.75 Å². The molecule has 0 aliphatic carbocycles. The number of hydrogen-bond acceptors (Lipinski definition) is 2. The predicted molar refractivity (Wildman–Crippen MR) is 88.8 cm³/mol. The van der Waals surface area contributed by atoms with Crippen LogP contribution in [0.25, 0.3) is 0 Å². The third-order valence-corrected chi connectivity index (χ3v) is 3.40. The van der Waals surface area contributed by atoms with Crippen molar-refractivity contribution in [2.24, 2.45) is 0 Å². The van der Waals surface area contributed by atoms with E-state index >= 15 is 0 Å². The van der Waals surface area contributed by atoms with Crippen molar-refractivity contribution in [3.8, 4) is 0 Å². The summed E-state index contributed by atoms with van der Waals surface area (Å²) in [7, 11) is 0. The van der Waals surface area contributed by atoms with E-state index in [9.17, 15) is 18.0 Å². The summed E-state index contributed by atoms with van der Waals surface area (Å²) < 4.78 is 35.7. The minimum absolute atomic E-state index is 0.159. The van der Waals surface area contributed by atoms with Gasteiger partial charge in [-0.25, -0.2) is 0 Å². The van der Waals surface area contributed by atoms with Crippen LogP contribution in [0.4, 0.5) is 13.2 Å². The molecule has 0 aliphatic rings. The lowest BCUT2D eigenvalue weighted by Gasteiger charge is -2.02. The quantitative estimate of drug-likeness (QED) is 0.360. The first kappa shape index (κ1) is 20.8. The average Bonchev–Trinajstić information content (AvgIpc) is 2.46. The van der Waals surface area contributed by atoms with Crippen molar-refractivity contribution in [2.45, 2.75) is 45.2 Å². The lowest BCUT2D eigenvalue weighted by molar-refractivity contribution is -0.160. The monoisotopic (exact) mass is 332 g/mol. The minimum Gasteiger partial charge on any atom is -0.277 e. The third kappa shape index (κ3) is 13.7. The Kier molecular flexibility index (Phi) is 12.7. The molecule has 22 heavy (non-hydrogen) atoms. The highest BCUT2D eigenvalue weighted by Crippen LogP contribution is 2.23. The number of carbonyl (C=O) groups excluding carboxylic acids is 1. The Morgan fingerprint density at radius 2 is 1.32 bits per heavy atom. The molecule has 0 fully saturated rings. The number of halogens is 3. The minimum atomic E-state index is -4.73. The molecule has 0 bridgehead atoms. The van der Waals surface area contributed by atoms with Crippen molar-refractivity contribution in [1.82, 2.24) is 0 Å². The van der Waals surface area contributed by atoms with Gasteiger partial charge in [-0.1, -0.05) is 67.3 Å². The number of allylic oxidation sites excluding steroid dienone is 8. The van der Waals surface area contributed by atoms with Crippen molar-refractivity contribution in [3.63, 3.8) is 0 Å². The summed E-state index contributed by atoms with van der Waals surface area (Å²) in [5.74, 6) is 0.159. The zero-order chi connectivity index (χ0) is 16.7. The van der Waals surface area contributed by atoms with Gasteiger partial charge < -0.3 is 0 Å². The molecule has 124 valence electrons. The first-order valence-corrected chi connectivity index (χ1v) is 8.31. The van der Waals surface area contributed by atoms with Crippen LogP contribution in [0.2, 0.25) is 0 Å². The second kappa shape index (κ2) is 13.4. The van der Waals surface area contributed by atoms with Crippen molar-refractivity contribution >= 4 is 16.9 Å².